The Hall–Kier alpha value is -2.57. The van der Waals surface area contributed by atoms with Crippen molar-refractivity contribution in [3.63, 3.8) is 0 Å². The SMILES string of the molecule is CC1CCN(C2(n3nnc4ccc(C(=O)c5ccccc5)cc43)CO2)CC1. The summed E-state index contributed by atoms with van der Waals surface area (Å²) < 4.78 is 7.77. The third kappa shape index (κ3) is 2.76. The highest BCUT2D eigenvalue weighted by atomic mass is 16.6. The highest BCUT2D eigenvalue weighted by molar-refractivity contribution is 6.10. The fourth-order valence-corrected chi connectivity index (χ4v) is 3.94. The second-order valence-electron chi connectivity index (χ2n) is 7.60. The summed E-state index contributed by atoms with van der Waals surface area (Å²) in [7, 11) is 0. The minimum Gasteiger partial charge on any atom is -0.332 e. The molecule has 27 heavy (non-hydrogen) atoms. The van der Waals surface area contributed by atoms with Crippen molar-refractivity contribution in [1.29, 1.82) is 0 Å². The molecule has 2 saturated heterocycles. The van der Waals surface area contributed by atoms with E-state index in [2.05, 4.69) is 22.1 Å². The Morgan fingerprint density at radius 2 is 1.85 bits per heavy atom. The van der Waals surface area contributed by atoms with Crippen molar-refractivity contribution in [2.75, 3.05) is 19.7 Å². The van der Waals surface area contributed by atoms with Crippen molar-refractivity contribution < 1.29 is 9.53 Å². The molecule has 0 amide bonds. The zero-order chi connectivity index (χ0) is 18.4. The van der Waals surface area contributed by atoms with Gasteiger partial charge in [0.25, 0.3) is 0 Å². The molecule has 0 radical (unpaired) electrons. The fourth-order valence-electron chi connectivity index (χ4n) is 3.94. The van der Waals surface area contributed by atoms with Crippen molar-refractivity contribution in [2.24, 2.45) is 5.92 Å². The van der Waals surface area contributed by atoms with E-state index in [1.807, 2.05) is 53.2 Å². The number of carbonyl (C=O) groups is 1. The lowest BCUT2D eigenvalue weighted by molar-refractivity contribution is -0.0152. The summed E-state index contributed by atoms with van der Waals surface area (Å²) in [4.78, 5) is 15.2. The maximum Gasteiger partial charge on any atom is 0.246 e. The number of piperidine rings is 1. The summed E-state index contributed by atoms with van der Waals surface area (Å²) in [5.41, 5.74) is 2.94. The van der Waals surface area contributed by atoms with Crippen LogP contribution in [-0.2, 0) is 10.6 Å². The predicted octanol–water partition coefficient (Wildman–Crippen LogP) is 3.03. The van der Waals surface area contributed by atoms with Gasteiger partial charge in [-0.15, -0.1) is 5.10 Å². The Morgan fingerprint density at radius 1 is 1.11 bits per heavy atom. The molecular formula is C21H22N4O2. The van der Waals surface area contributed by atoms with E-state index in [0.717, 1.165) is 42.9 Å². The lowest BCUT2D eigenvalue weighted by atomic mass is 9.99. The average molecular weight is 362 g/mol. The van der Waals surface area contributed by atoms with Gasteiger partial charge < -0.3 is 4.74 Å². The van der Waals surface area contributed by atoms with Crippen LogP contribution in [0.5, 0.6) is 0 Å². The summed E-state index contributed by atoms with van der Waals surface area (Å²) in [6, 6.07) is 14.9. The molecule has 2 fully saturated rings. The topological polar surface area (TPSA) is 63.6 Å². The minimum atomic E-state index is -0.538. The number of nitrogens with zero attached hydrogens (tertiary/aromatic N) is 4. The van der Waals surface area contributed by atoms with E-state index in [1.165, 1.54) is 0 Å². The highest BCUT2D eigenvalue weighted by Crippen LogP contribution is 2.40. The van der Waals surface area contributed by atoms with E-state index < -0.39 is 5.85 Å². The first-order chi connectivity index (χ1) is 13.2. The summed E-state index contributed by atoms with van der Waals surface area (Å²) in [5, 5.41) is 8.69. The number of carbonyl (C=O) groups excluding carboxylic acids is 1. The Balaban J connectivity index is 1.52. The van der Waals surface area contributed by atoms with Crippen LogP contribution in [0, 0.1) is 5.92 Å². The van der Waals surface area contributed by atoms with Gasteiger partial charge in [0, 0.05) is 24.2 Å². The molecule has 138 valence electrons. The van der Waals surface area contributed by atoms with Crippen molar-refractivity contribution in [3.8, 4) is 0 Å². The van der Waals surface area contributed by atoms with Crippen LogP contribution < -0.4 is 0 Å². The van der Waals surface area contributed by atoms with Crippen LogP contribution in [0.2, 0.25) is 0 Å². The standard InChI is InChI=1S/C21H22N4O2/c1-15-9-11-24(12-10-15)21(14-27-21)25-19-13-17(7-8-18(19)22-23-25)20(26)16-5-3-2-4-6-16/h2-8,13,15H,9-12,14H2,1H3. The van der Waals surface area contributed by atoms with E-state index in [4.69, 9.17) is 4.74 Å². The molecule has 1 unspecified atom stereocenters. The third-order valence-corrected chi connectivity index (χ3v) is 5.75. The first-order valence-electron chi connectivity index (χ1n) is 9.52. The van der Waals surface area contributed by atoms with Gasteiger partial charge in [0.2, 0.25) is 5.85 Å². The molecule has 6 heteroatoms. The van der Waals surface area contributed by atoms with Gasteiger partial charge >= 0.3 is 0 Å². The smallest absolute Gasteiger partial charge is 0.246 e. The van der Waals surface area contributed by atoms with E-state index in [9.17, 15) is 4.79 Å². The van der Waals surface area contributed by atoms with Crippen molar-refractivity contribution in [2.45, 2.75) is 25.6 Å². The van der Waals surface area contributed by atoms with Crippen molar-refractivity contribution in [3.05, 3.63) is 59.7 Å². The molecule has 3 heterocycles. The highest BCUT2D eigenvalue weighted by Gasteiger charge is 2.54. The quantitative estimate of drug-likeness (QED) is 0.527. The number of likely N-dealkylation sites (tertiary alicyclic amines) is 1. The third-order valence-electron chi connectivity index (χ3n) is 5.75. The second kappa shape index (κ2) is 6.25. The number of rotatable bonds is 4. The molecule has 2 aliphatic rings. The largest absolute Gasteiger partial charge is 0.332 e. The molecule has 2 aliphatic heterocycles. The Morgan fingerprint density at radius 3 is 2.56 bits per heavy atom. The van der Waals surface area contributed by atoms with Gasteiger partial charge in [-0.05, 0) is 37.0 Å². The average Bonchev–Trinajstić information content (AvgIpc) is 3.40. The van der Waals surface area contributed by atoms with Crippen molar-refractivity contribution >= 4 is 16.8 Å². The molecule has 0 saturated carbocycles. The molecule has 1 aromatic heterocycles. The van der Waals surface area contributed by atoms with Gasteiger partial charge in [0.1, 0.15) is 12.1 Å². The lowest BCUT2D eigenvalue weighted by Crippen LogP contribution is -2.46. The monoisotopic (exact) mass is 362 g/mol. The summed E-state index contributed by atoms with van der Waals surface area (Å²) in [5.74, 6) is 0.214. The molecule has 2 aromatic carbocycles. The maximum atomic E-state index is 12.8. The molecule has 5 rings (SSSR count). The van der Waals surface area contributed by atoms with Crippen LogP contribution in [0.1, 0.15) is 35.7 Å². The molecule has 0 aliphatic carbocycles. The lowest BCUT2D eigenvalue weighted by Gasteiger charge is -2.34. The van der Waals surface area contributed by atoms with E-state index in [1.54, 1.807) is 0 Å². The summed E-state index contributed by atoms with van der Waals surface area (Å²) in [6.45, 7) is 4.89. The number of hydrogen-bond acceptors (Lipinski definition) is 5. The molecule has 1 atom stereocenters. The van der Waals surface area contributed by atoms with E-state index >= 15 is 0 Å². The number of fused-ring (bicyclic) bond motifs is 1. The van der Waals surface area contributed by atoms with Gasteiger partial charge in [0.15, 0.2) is 5.78 Å². The van der Waals surface area contributed by atoms with E-state index in [0.29, 0.717) is 17.7 Å². The molecule has 0 N–H and O–H groups in total. The van der Waals surface area contributed by atoms with Crippen LogP contribution >= 0.6 is 0 Å². The number of hydrogen-bond donors (Lipinski definition) is 0. The second-order valence-corrected chi connectivity index (χ2v) is 7.60. The molecule has 0 spiro atoms. The zero-order valence-corrected chi connectivity index (χ0v) is 15.3. The molecule has 6 nitrogen and oxygen atoms in total. The minimum absolute atomic E-state index is 0.00260. The Kier molecular flexibility index (Phi) is 3.84. The maximum absolute atomic E-state index is 12.8. The van der Waals surface area contributed by atoms with E-state index in [-0.39, 0.29) is 5.78 Å². The molecular weight excluding hydrogens is 340 g/mol. The molecule has 0 bridgehead atoms. The van der Waals surface area contributed by atoms with Gasteiger partial charge in [0.05, 0.1) is 5.52 Å². The zero-order valence-electron chi connectivity index (χ0n) is 15.3. The predicted molar refractivity (Wildman–Crippen MR) is 101 cm³/mol. The van der Waals surface area contributed by atoms with Crippen LogP contribution in [0.15, 0.2) is 48.5 Å². The number of ether oxygens (including phenoxy) is 1. The van der Waals surface area contributed by atoms with Crippen LogP contribution in [-0.4, -0.2) is 45.4 Å². The Bertz CT molecular complexity index is 986. The van der Waals surface area contributed by atoms with Crippen LogP contribution in [0.3, 0.4) is 0 Å². The summed E-state index contributed by atoms with van der Waals surface area (Å²) in [6.07, 6.45) is 2.32. The number of benzene rings is 2. The first kappa shape index (κ1) is 16.6. The molecule has 3 aromatic rings. The van der Waals surface area contributed by atoms with Gasteiger partial charge in [-0.25, -0.2) is 0 Å². The van der Waals surface area contributed by atoms with Crippen LogP contribution in [0.25, 0.3) is 11.0 Å². The first-order valence-corrected chi connectivity index (χ1v) is 9.52. The summed E-state index contributed by atoms with van der Waals surface area (Å²) >= 11 is 0. The van der Waals surface area contributed by atoms with Gasteiger partial charge in [-0.2, -0.15) is 4.68 Å². The van der Waals surface area contributed by atoms with Gasteiger partial charge in [-0.3, -0.25) is 9.69 Å². The van der Waals surface area contributed by atoms with Crippen LogP contribution in [0.4, 0.5) is 0 Å². The number of epoxide rings is 1. The fraction of sp³-hybridized carbons (Fsp3) is 0.381. The Labute approximate surface area is 157 Å². The normalized spacial score (nSPS) is 23.6. The number of aromatic nitrogens is 3. The number of ketones is 1. The van der Waals surface area contributed by atoms with Crippen molar-refractivity contribution in [1.82, 2.24) is 19.9 Å². The van der Waals surface area contributed by atoms with Gasteiger partial charge in [-0.1, -0.05) is 42.5 Å².